The zero-order valence-corrected chi connectivity index (χ0v) is 12.1. The maximum absolute atomic E-state index is 11.8. The molecule has 0 aliphatic rings. The van der Waals surface area contributed by atoms with Crippen molar-refractivity contribution < 1.29 is 19.2 Å². The summed E-state index contributed by atoms with van der Waals surface area (Å²) >= 11 is 0. The second kappa shape index (κ2) is 6.38. The van der Waals surface area contributed by atoms with E-state index >= 15 is 0 Å². The van der Waals surface area contributed by atoms with Gasteiger partial charge < -0.3 is 20.6 Å². The number of phenols is 1. The molecule has 1 aromatic rings. The largest absolute Gasteiger partial charge is 0.508 e. The number of benzene rings is 1. The molecule has 0 aliphatic heterocycles. The molecule has 0 spiro atoms. The van der Waals surface area contributed by atoms with E-state index < -0.39 is 11.9 Å². The van der Waals surface area contributed by atoms with Gasteiger partial charge in [0.25, 0.3) is 5.91 Å². The Balaban J connectivity index is 2.68. The molecule has 4 N–H and O–H groups in total. The van der Waals surface area contributed by atoms with E-state index in [9.17, 15) is 14.7 Å². The number of nitrogens with zero attached hydrogens (tertiary/aromatic N) is 1. The molecule has 0 bridgehead atoms. The second-order valence-corrected chi connectivity index (χ2v) is 5.84. The lowest BCUT2D eigenvalue weighted by molar-refractivity contribution is -0.862. The number of likely N-dealkylation sites (N-methyl/N-ethyl adjacent to an activating group) is 1. The monoisotopic (exact) mass is 280 g/mol. The van der Waals surface area contributed by atoms with Gasteiger partial charge in [0, 0.05) is 6.42 Å². The molecular weight excluding hydrogens is 258 g/mol. The summed E-state index contributed by atoms with van der Waals surface area (Å²) in [4.78, 5) is 23.3. The number of nitrogens with two attached hydrogens (primary N) is 1. The predicted molar refractivity (Wildman–Crippen MR) is 75.8 cm³/mol. The van der Waals surface area contributed by atoms with Crippen molar-refractivity contribution >= 4 is 11.8 Å². The number of hydrogen-bond donors (Lipinski definition) is 3. The lowest BCUT2D eigenvalue weighted by Crippen LogP contribution is -2.51. The number of aromatic hydroxyl groups is 1. The SMILES string of the molecule is C[N+](C)(C)CC(=O)NC(Cc1ccc(O)cc1)C(N)=O. The lowest BCUT2D eigenvalue weighted by atomic mass is 10.1. The molecule has 0 aliphatic carbocycles. The Kier molecular flexibility index (Phi) is 5.10. The fourth-order valence-corrected chi connectivity index (χ4v) is 1.76. The van der Waals surface area contributed by atoms with Crippen molar-refractivity contribution in [3.63, 3.8) is 0 Å². The normalized spacial score (nSPS) is 12.8. The van der Waals surface area contributed by atoms with Gasteiger partial charge in [-0.1, -0.05) is 12.1 Å². The lowest BCUT2D eigenvalue weighted by Gasteiger charge is -2.24. The number of quaternary nitrogens is 1. The van der Waals surface area contributed by atoms with Crippen molar-refractivity contribution in [3.8, 4) is 5.75 Å². The van der Waals surface area contributed by atoms with Gasteiger partial charge in [0.2, 0.25) is 5.91 Å². The minimum atomic E-state index is -0.751. The number of nitrogens with one attached hydrogen (secondary N) is 1. The first-order chi connectivity index (χ1) is 9.17. The number of phenolic OH excluding ortho intramolecular Hbond substituents is 1. The van der Waals surface area contributed by atoms with Crippen molar-refractivity contribution in [3.05, 3.63) is 29.8 Å². The fourth-order valence-electron chi connectivity index (χ4n) is 1.76. The summed E-state index contributed by atoms with van der Waals surface area (Å²) < 4.78 is 0.469. The summed E-state index contributed by atoms with van der Waals surface area (Å²) in [5.74, 6) is -0.647. The van der Waals surface area contributed by atoms with Crippen LogP contribution in [0.1, 0.15) is 5.56 Å². The van der Waals surface area contributed by atoms with Gasteiger partial charge in [0.15, 0.2) is 6.54 Å². The Labute approximate surface area is 118 Å². The molecule has 0 saturated carbocycles. The first-order valence-electron chi connectivity index (χ1n) is 6.34. The van der Waals surface area contributed by atoms with Crippen LogP contribution in [0.25, 0.3) is 0 Å². The summed E-state index contributed by atoms with van der Waals surface area (Å²) in [6.45, 7) is 0.263. The molecule has 0 radical (unpaired) electrons. The third-order valence-corrected chi connectivity index (χ3v) is 2.67. The molecule has 1 unspecified atom stereocenters. The highest BCUT2D eigenvalue weighted by Crippen LogP contribution is 2.11. The number of rotatable bonds is 6. The molecule has 1 aromatic carbocycles. The molecule has 110 valence electrons. The predicted octanol–water partition coefficient (Wildman–Crippen LogP) is -0.389. The minimum absolute atomic E-state index is 0.151. The van der Waals surface area contributed by atoms with Crippen LogP contribution in [-0.2, 0) is 16.0 Å². The topological polar surface area (TPSA) is 92.4 Å². The average Bonchev–Trinajstić information content (AvgIpc) is 2.28. The van der Waals surface area contributed by atoms with Crippen LogP contribution >= 0.6 is 0 Å². The number of primary amides is 1. The van der Waals surface area contributed by atoms with E-state index in [1.807, 2.05) is 21.1 Å². The van der Waals surface area contributed by atoms with Crippen molar-refractivity contribution in [2.45, 2.75) is 12.5 Å². The molecule has 20 heavy (non-hydrogen) atoms. The summed E-state index contributed by atoms with van der Waals surface area (Å²) in [6, 6.07) is 5.69. The van der Waals surface area contributed by atoms with Crippen LogP contribution < -0.4 is 11.1 Å². The van der Waals surface area contributed by atoms with Gasteiger partial charge in [-0.2, -0.15) is 0 Å². The third-order valence-electron chi connectivity index (χ3n) is 2.67. The number of hydrogen-bond acceptors (Lipinski definition) is 3. The maximum atomic E-state index is 11.8. The standard InChI is InChI=1S/C14H21N3O3/c1-17(2,3)9-13(19)16-12(14(15)20)8-10-4-6-11(18)7-5-10/h4-7,12H,8-9H2,1-3H3,(H3-,15,16,18,19,20)/p+1. The Morgan fingerprint density at radius 1 is 1.25 bits per heavy atom. The number of carbonyl (C=O) groups is 2. The Hall–Kier alpha value is -2.08. The van der Waals surface area contributed by atoms with Gasteiger partial charge >= 0.3 is 0 Å². The van der Waals surface area contributed by atoms with Gasteiger partial charge in [-0.25, -0.2) is 0 Å². The number of amides is 2. The molecule has 0 fully saturated rings. The molecular formula is C14H22N3O3+. The minimum Gasteiger partial charge on any atom is -0.508 e. The van der Waals surface area contributed by atoms with E-state index in [-0.39, 0.29) is 18.2 Å². The van der Waals surface area contributed by atoms with Crippen molar-refractivity contribution in [1.82, 2.24) is 5.32 Å². The highest BCUT2D eigenvalue weighted by atomic mass is 16.3. The van der Waals surface area contributed by atoms with E-state index in [2.05, 4.69) is 5.32 Å². The zero-order valence-electron chi connectivity index (χ0n) is 12.1. The molecule has 1 atom stereocenters. The highest BCUT2D eigenvalue weighted by molar-refractivity contribution is 5.87. The van der Waals surface area contributed by atoms with E-state index in [1.165, 1.54) is 12.1 Å². The quantitative estimate of drug-likeness (QED) is 0.620. The van der Waals surface area contributed by atoms with E-state index in [4.69, 9.17) is 5.73 Å². The van der Waals surface area contributed by atoms with Gasteiger partial charge in [-0.05, 0) is 17.7 Å². The number of carbonyl (C=O) groups excluding carboxylic acids is 2. The molecule has 0 aromatic heterocycles. The summed E-state index contributed by atoms with van der Waals surface area (Å²) in [5, 5.41) is 11.9. The van der Waals surface area contributed by atoms with Crippen LogP contribution in [-0.4, -0.2) is 55.1 Å². The second-order valence-electron chi connectivity index (χ2n) is 5.84. The molecule has 2 amide bonds. The Morgan fingerprint density at radius 2 is 1.80 bits per heavy atom. The van der Waals surface area contributed by atoms with Crippen LogP contribution in [0.15, 0.2) is 24.3 Å². The molecule has 1 rings (SSSR count). The summed E-state index contributed by atoms with van der Waals surface area (Å²) in [6.07, 6.45) is 0.304. The average molecular weight is 280 g/mol. The fraction of sp³-hybridized carbons (Fsp3) is 0.429. The van der Waals surface area contributed by atoms with E-state index in [1.54, 1.807) is 12.1 Å². The van der Waals surface area contributed by atoms with Crippen LogP contribution in [0.4, 0.5) is 0 Å². The highest BCUT2D eigenvalue weighted by Gasteiger charge is 2.22. The van der Waals surface area contributed by atoms with Crippen LogP contribution in [0.5, 0.6) is 5.75 Å². The van der Waals surface area contributed by atoms with Gasteiger partial charge in [-0.3, -0.25) is 9.59 Å². The van der Waals surface area contributed by atoms with E-state index in [0.717, 1.165) is 5.56 Å². The van der Waals surface area contributed by atoms with Gasteiger partial charge in [-0.15, -0.1) is 0 Å². The molecule has 0 heterocycles. The molecule has 6 nitrogen and oxygen atoms in total. The van der Waals surface area contributed by atoms with Crippen LogP contribution in [0, 0.1) is 0 Å². The first kappa shape index (κ1) is 16.0. The van der Waals surface area contributed by atoms with Crippen LogP contribution in [0.2, 0.25) is 0 Å². The smallest absolute Gasteiger partial charge is 0.275 e. The Bertz CT molecular complexity index is 477. The molecule has 6 heteroatoms. The van der Waals surface area contributed by atoms with E-state index in [0.29, 0.717) is 10.9 Å². The van der Waals surface area contributed by atoms with Crippen molar-refractivity contribution in [1.29, 1.82) is 0 Å². The summed E-state index contributed by atoms with van der Waals surface area (Å²) in [5.41, 5.74) is 6.14. The Morgan fingerprint density at radius 3 is 2.25 bits per heavy atom. The first-order valence-corrected chi connectivity index (χ1v) is 6.34. The van der Waals surface area contributed by atoms with Crippen molar-refractivity contribution in [2.24, 2.45) is 5.73 Å². The summed E-state index contributed by atoms with van der Waals surface area (Å²) in [7, 11) is 5.66. The van der Waals surface area contributed by atoms with Crippen LogP contribution in [0.3, 0.4) is 0 Å². The third kappa shape index (κ3) is 5.71. The zero-order chi connectivity index (χ0) is 15.3. The van der Waals surface area contributed by atoms with Crippen molar-refractivity contribution in [2.75, 3.05) is 27.7 Å². The van der Waals surface area contributed by atoms with Gasteiger partial charge in [0.05, 0.1) is 21.1 Å². The molecule has 0 saturated heterocycles. The van der Waals surface area contributed by atoms with Gasteiger partial charge in [0.1, 0.15) is 11.8 Å². The maximum Gasteiger partial charge on any atom is 0.275 e.